The summed E-state index contributed by atoms with van der Waals surface area (Å²) >= 11 is 5.27. The van der Waals surface area contributed by atoms with Crippen molar-refractivity contribution >= 4 is 27.3 Å². The molecule has 0 unspecified atom stereocenters. The lowest BCUT2D eigenvalue weighted by Gasteiger charge is -2.04. The first-order chi connectivity index (χ1) is 9.08. The standard InChI is InChI=1S/C14H18BrN3S/c1-9(2)7-16-8-12-17-18-14(19-12)11-6-4-5-10(3)13(11)15/h4-6,9,16H,7-8H2,1-3H3. The van der Waals surface area contributed by atoms with Crippen LogP contribution < -0.4 is 5.32 Å². The van der Waals surface area contributed by atoms with Crippen LogP contribution in [0.15, 0.2) is 22.7 Å². The van der Waals surface area contributed by atoms with Gasteiger partial charge < -0.3 is 5.32 Å². The first-order valence-corrected chi connectivity index (χ1v) is 7.97. The van der Waals surface area contributed by atoms with Crippen molar-refractivity contribution in [1.82, 2.24) is 15.5 Å². The molecule has 0 radical (unpaired) electrons. The molecule has 0 bridgehead atoms. The van der Waals surface area contributed by atoms with Crippen molar-refractivity contribution in [1.29, 1.82) is 0 Å². The van der Waals surface area contributed by atoms with E-state index in [1.807, 2.05) is 6.07 Å². The third-order valence-electron chi connectivity index (χ3n) is 2.72. The lowest BCUT2D eigenvalue weighted by molar-refractivity contribution is 0.550. The average Bonchev–Trinajstić information content (AvgIpc) is 2.81. The molecule has 102 valence electrons. The van der Waals surface area contributed by atoms with Gasteiger partial charge in [-0.15, -0.1) is 10.2 Å². The molecule has 0 atom stereocenters. The predicted octanol–water partition coefficient (Wildman–Crippen LogP) is 4.02. The SMILES string of the molecule is Cc1cccc(-c2nnc(CNCC(C)C)s2)c1Br. The van der Waals surface area contributed by atoms with Crippen molar-refractivity contribution in [3.8, 4) is 10.6 Å². The third-order valence-corrected chi connectivity index (χ3v) is 4.73. The predicted molar refractivity (Wildman–Crippen MR) is 84.3 cm³/mol. The Morgan fingerprint density at radius 2 is 2.11 bits per heavy atom. The lowest BCUT2D eigenvalue weighted by Crippen LogP contribution is -2.18. The monoisotopic (exact) mass is 339 g/mol. The van der Waals surface area contributed by atoms with Crippen LogP contribution in [0.3, 0.4) is 0 Å². The summed E-state index contributed by atoms with van der Waals surface area (Å²) < 4.78 is 1.10. The van der Waals surface area contributed by atoms with Crippen molar-refractivity contribution in [3.63, 3.8) is 0 Å². The van der Waals surface area contributed by atoms with E-state index in [1.165, 1.54) is 5.56 Å². The third kappa shape index (κ3) is 3.84. The highest BCUT2D eigenvalue weighted by Crippen LogP contribution is 2.32. The molecular weight excluding hydrogens is 322 g/mol. The fourth-order valence-corrected chi connectivity index (χ4v) is 3.14. The summed E-state index contributed by atoms with van der Waals surface area (Å²) in [5, 5.41) is 13.9. The van der Waals surface area contributed by atoms with Gasteiger partial charge in [0.15, 0.2) is 0 Å². The zero-order valence-electron chi connectivity index (χ0n) is 11.4. The Morgan fingerprint density at radius 1 is 1.32 bits per heavy atom. The molecule has 0 saturated heterocycles. The van der Waals surface area contributed by atoms with Crippen molar-refractivity contribution in [2.75, 3.05) is 6.54 Å². The van der Waals surface area contributed by atoms with Gasteiger partial charge in [0.05, 0.1) is 0 Å². The van der Waals surface area contributed by atoms with Gasteiger partial charge in [-0.05, 0) is 40.9 Å². The van der Waals surface area contributed by atoms with Gasteiger partial charge in [-0.3, -0.25) is 0 Å². The normalized spacial score (nSPS) is 11.2. The second-order valence-corrected chi connectivity index (χ2v) is 6.82. The molecule has 2 aromatic rings. The van der Waals surface area contributed by atoms with E-state index in [2.05, 4.69) is 64.3 Å². The van der Waals surface area contributed by atoms with Gasteiger partial charge in [-0.1, -0.05) is 43.4 Å². The van der Waals surface area contributed by atoms with Crippen LogP contribution in [0, 0.1) is 12.8 Å². The number of nitrogens with zero attached hydrogens (tertiary/aromatic N) is 2. The molecule has 1 aromatic carbocycles. The van der Waals surface area contributed by atoms with Crippen LogP contribution in [0.5, 0.6) is 0 Å². The molecule has 1 heterocycles. The molecule has 1 N–H and O–H groups in total. The van der Waals surface area contributed by atoms with Gasteiger partial charge in [0.25, 0.3) is 0 Å². The quantitative estimate of drug-likeness (QED) is 0.893. The van der Waals surface area contributed by atoms with Crippen LogP contribution in [0.1, 0.15) is 24.4 Å². The van der Waals surface area contributed by atoms with E-state index < -0.39 is 0 Å². The maximum atomic E-state index is 4.28. The minimum absolute atomic E-state index is 0.651. The van der Waals surface area contributed by atoms with Gasteiger partial charge in [0.2, 0.25) is 0 Å². The van der Waals surface area contributed by atoms with Crippen molar-refractivity contribution < 1.29 is 0 Å². The second kappa shape index (κ2) is 6.59. The highest BCUT2D eigenvalue weighted by atomic mass is 79.9. The van der Waals surface area contributed by atoms with E-state index in [4.69, 9.17) is 0 Å². The Bertz CT molecular complexity index is 551. The van der Waals surface area contributed by atoms with Crippen LogP contribution in [-0.4, -0.2) is 16.7 Å². The molecule has 3 nitrogen and oxygen atoms in total. The van der Waals surface area contributed by atoms with Crippen molar-refractivity contribution in [2.45, 2.75) is 27.3 Å². The molecular formula is C14H18BrN3S. The second-order valence-electron chi connectivity index (χ2n) is 4.96. The maximum Gasteiger partial charge on any atom is 0.148 e. The molecule has 0 fully saturated rings. The first-order valence-electron chi connectivity index (χ1n) is 6.36. The fourth-order valence-electron chi connectivity index (χ4n) is 1.71. The van der Waals surface area contributed by atoms with Crippen molar-refractivity contribution in [3.05, 3.63) is 33.2 Å². The summed E-state index contributed by atoms with van der Waals surface area (Å²) in [6.45, 7) is 8.27. The molecule has 2 rings (SSSR count). The summed E-state index contributed by atoms with van der Waals surface area (Å²) in [5.74, 6) is 0.651. The molecule has 1 aromatic heterocycles. The molecule has 5 heteroatoms. The number of hydrogen-bond acceptors (Lipinski definition) is 4. The van der Waals surface area contributed by atoms with E-state index in [0.29, 0.717) is 5.92 Å². The van der Waals surface area contributed by atoms with Crippen LogP contribution >= 0.6 is 27.3 Å². The highest BCUT2D eigenvalue weighted by molar-refractivity contribution is 9.10. The number of halogens is 1. The number of hydrogen-bond donors (Lipinski definition) is 1. The summed E-state index contributed by atoms with van der Waals surface area (Å²) in [7, 11) is 0. The number of benzene rings is 1. The maximum absolute atomic E-state index is 4.28. The van der Waals surface area contributed by atoms with Gasteiger partial charge in [0, 0.05) is 16.6 Å². The topological polar surface area (TPSA) is 37.8 Å². The fraction of sp³-hybridized carbons (Fsp3) is 0.429. The number of aromatic nitrogens is 2. The van der Waals surface area contributed by atoms with Gasteiger partial charge >= 0.3 is 0 Å². The van der Waals surface area contributed by atoms with Crippen molar-refractivity contribution in [2.24, 2.45) is 5.92 Å². The number of aryl methyl sites for hydroxylation is 1. The summed E-state index contributed by atoms with van der Waals surface area (Å²) in [4.78, 5) is 0. The van der Waals surface area contributed by atoms with Gasteiger partial charge in [0.1, 0.15) is 10.0 Å². The Labute approximate surface area is 126 Å². The highest BCUT2D eigenvalue weighted by Gasteiger charge is 2.10. The number of rotatable bonds is 5. The van der Waals surface area contributed by atoms with Crippen LogP contribution in [0.2, 0.25) is 0 Å². The van der Waals surface area contributed by atoms with E-state index in [1.54, 1.807) is 11.3 Å². The Hall–Kier alpha value is -0.780. The largest absolute Gasteiger partial charge is 0.310 e. The molecule has 0 spiro atoms. The average molecular weight is 340 g/mol. The van der Waals surface area contributed by atoms with E-state index in [0.717, 1.165) is 33.1 Å². The van der Waals surface area contributed by atoms with E-state index in [-0.39, 0.29) is 0 Å². The minimum atomic E-state index is 0.651. The van der Waals surface area contributed by atoms with Gasteiger partial charge in [-0.2, -0.15) is 0 Å². The Morgan fingerprint density at radius 3 is 2.84 bits per heavy atom. The van der Waals surface area contributed by atoms with Crippen LogP contribution in [-0.2, 0) is 6.54 Å². The van der Waals surface area contributed by atoms with Gasteiger partial charge in [-0.25, -0.2) is 0 Å². The first kappa shape index (κ1) is 14.6. The number of nitrogens with one attached hydrogen (secondary N) is 1. The van der Waals surface area contributed by atoms with E-state index >= 15 is 0 Å². The molecule has 0 aliphatic carbocycles. The molecule has 0 aliphatic heterocycles. The van der Waals surface area contributed by atoms with Crippen LogP contribution in [0.4, 0.5) is 0 Å². The summed E-state index contributed by atoms with van der Waals surface area (Å²) in [5.41, 5.74) is 2.33. The summed E-state index contributed by atoms with van der Waals surface area (Å²) in [6.07, 6.45) is 0. The molecule has 0 aliphatic rings. The smallest absolute Gasteiger partial charge is 0.148 e. The van der Waals surface area contributed by atoms with Crippen LogP contribution in [0.25, 0.3) is 10.6 Å². The zero-order valence-corrected chi connectivity index (χ0v) is 13.8. The molecule has 0 saturated carbocycles. The summed E-state index contributed by atoms with van der Waals surface area (Å²) in [6, 6.07) is 6.20. The Kier molecular flexibility index (Phi) is 5.07. The minimum Gasteiger partial charge on any atom is -0.310 e. The molecule has 19 heavy (non-hydrogen) atoms. The Balaban J connectivity index is 2.10. The molecule has 0 amide bonds. The zero-order chi connectivity index (χ0) is 13.8. The van der Waals surface area contributed by atoms with E-state index in [9.17, 15) is 0 Å². The lowest BCUT2D eigenvalue weighted by atomic mass is 10.1.